The van der Waals surface area contributed by atoms with Gasteiger partial charge in [-0.25, -0.2) is 4.79 Å². The maximum atomic E-state index is 11.5. The fourth-order valence-electron chi connectivity index (χ4n) is 3.12. The van der Waals surface area contributed by atoms with Crippen LogP contribution in [-0.2, 0) is 11.3 Å². The van der Waals surface area contributed by atoms with Gasteiger partial charge in [-0.1, -0.05) is 81.7 Å². The second-order valence-electron chi connectivity index (χ2n) is 8.63. The van der Waals surface area contributed by atoms with Crippen LogP contribution in [0.1, 0.15) is 90.5 Å². The van der Waals surface area contributed by atoms with Crippen LogP contribution in [0.25, 0.3) is 0 Å². The molecule has 1 aromatic carbocycles. The van der Waals surface area contributed by atoms with E-state index in [9.17, 15) is 4.79 Å². The summed E-state index contributed by atoms with van der Waals surface area (Å²) in [7, 11) is 0. The molecule has 0 fully saturated rings. The van der Waals surface area contributed by atoms with Crippen molar-refractivity contribution in [1.82, 2.24) is 10.6 Å². The van der Waals surface area contributed by atoms with Crippen LogP contribution in [0, 0.1) is 0 Å². The van der Waals surface area contributed by atoms with Crippen LogP contribution in [0.2, 0.25) is 0 Å². The smallest absolute Gasteiger partial charge is 0.407 e. The predicted octanol–water partition coefficient (Wildman–Crippen LogP) is 6.20. The van der Waals surface area contributed by atoms with Crippen molar-refractivity contribution in [3.63, 3.8) is 0 Å². The number of ether oxygens (including phenoxy) is 1. The number of carbonyl (C=O) groups is 1. The Balaban J connectivity index is 1.76. The summed E-state index contributed by atoms with van der Waals surface area (Å²) in [6.45, 7) is 8.47. The Morgan fingerprint density at radius 3 is 1.82 bits per heavy atom. The van der Waals surface area contributed by atoms with E-state index in [1.54, 1.807) is 0 Å². The van der Waals surface area contributed by atoms with Gasteiger partial charge in [0.15, 0.2) is 0 Å². The summed E-state index contributed by atoms with van der Waals surface area (Å²) in [6, 6.07) is 10.6. The lowest BCUT2D eigenvalue weighted by molar-refractivity contribution is 0.0527. The van der Waals surface area contributed by atoms with E-state index >= 15 is 0 Å². The summed E-state index contributed by atoms with van der Waals surface area (Å²) in [5.74, 6) is 0. The first-order valence-electron chi connectivity index (χ1n) is 11.2. The summed E-state index contributed by atoms with van der Waals surface area (Å²) in [4.78, 5) is 11.5. The second kappa shape index (κ2) is 15.4. The average molecular weight is 391 g/mol. The van der Waals surface area contributed by atoms with Crippen molar-refractivity contribution in [2.45, 2.75) is 97.1 Å². The molecule has 0 aliphatic heterocycles. The molecule has 160 valence electrons. The molecule has 2 N–H and O–H groups in total. The number of amides is 1. The van der Waals surface area contributed by atoms with Gasteiger partial charge in [-0.3, -0.25) is 0 Å². The molecule has 1 aromatic rings. The van der Waals surface area contributed by atoms with Gasteiger partial charge < -0.3 is 15.4 Å². The molecule has 0 atom stereocenters. The molecule has 1 rings (SSSR count). The van der Waals surface area contributed by atoms with E-state index in [-0.39, 0.29) is 6.09 Å². The molecule has 0 saturated heterocycles. The standard InChI is InChI=1S/C24H42N2O2/c1-24(2,3)28-23(27)26-20-16-11-9-7-5-4-6-8-10-15-19-25-21-22-17-13-12-14-18-22/h12-14,17-18,25H,4-11,15-16,19-21H2,1-3H3,(H,26,27). The maximum absolute atomic E-state index is 11.5. The lowest BCUT2D eigenvalue weighted by Crippen LogP contribution is -2.32. The molecule has 0 aliphatic carbocycles. The van der Waals surface area contributed by atoms with Crippen molar-refractivity contribution in [1.29, 1.82) is 0 Å². The Kier molecular flexibility index (Phi) is 13.5. The van der Waals surface area contributed by atoms with Gasteiger partial charge in [0.25, 0.3) is 0 Å². The number of hydrogen-bond acceptors (Lipinski definition) is 3. The van der Waals surface area contributed by atoms with Crippen molar-refractivity contribution in [3.05, 3.63) is 35.9 Å². The van der Waals surface area contributed by atoms with Crippen LogP contribution in [-0.4, -0.2) is 24.8 Å². The highest BCUT2D eigenvalue weighted by Gasteiger charge is 2.15. The van der Waals surface area contributed by atoms with Crippen molar-refractivity contribution in [3.8, 4) is 0 Å². The quantitative estimate of drug-likeness (QED) is 0.350. The van der Waals surface area contributed by atoms with Gasteiger partial charge in [-0.05, 0) is 45.7 Å². The van der Waals surface area contributed by atoms with Crippen molar-refractivity contribution >= 4 is 6.09 Å². The van der Waals surface area contributed by atoms with Crippen LogP contribution in [0.15, 0.2) is 30.3 Å². The van der Waals surface area contributed by atoms with Gasteiger partial charge in [0.2, 0.25) is 0 Å². The number of unbranched alkanes of at least 4 members (excludes halogenated alkanes) is 9. The number of hydrogen-bond donors (Lipinski definition) is 2. The number of alkyl carbamates (subject to hydrolysis) is 1. The normalized spacial score (nSPS) is 11.4. The molecule has 0 saturated carbocycles. The predicted molar refractivity (Wildman–Crippen MR) is 119 cm³/mol. The zero-order valence-corrected chi connectivity index (χ0v) is 18.4. The number of carbonyl (C=O) groups excluding carboxylic acids is 1. The Hall–Kier alpha value is -1.55. The number of benzene rings is 1. The molecule has 0 heterocycles. The minimum Gasteiger partial charge on any atom is -0.444 e. The summed E-state index contributed by atoms with van der Waals surface area (Å²) in [5, 5.41) is 6.34. The van der Waals surface area contributed by atoms with E-state index in [0.717, 1.165) is 19.5 Å². The first-order valence-corrected chi connectivity index (χ1v) is 11.2. The third kappa shape index (κ3) is 15.5. The fraction of sp³-hybridized carbons (Fsp3) is 0.708. The number of nitrogens with one attached hydrogen (secondary N) is 2. The van der Waals surface area contributed by atoms with Gasteiger partial charge in [0.05, 0.1) is 0 Å². The van der Waals surface area contributed by atoms with E-state index in [4.69, 9.17) is 4.74 Å². The minimum atomic E-state index is -0.414. The molecule has 4 heteroatoms. The van der Waals surface area contributed by atoms with Gasteiger partial charge in [-0.15, -0.1) is 0 Å². The summed E-state index contributed by atoms with van der Waals surface area (Å²) in [6.07, 6.45) is 12.5. The highest BCUT2D eigenvalue weighted by Crippen LogP contribution is 2.11. The minimum absolute atomic E-state index is 0.303. The molecule has 0 aromatic heterocycles. The van der Waals surface area contributed by atoms with Gasteiger partial charge in [0.1, 0.15) is 5.60 Å². The van der Waals surface area contributed by atoms with Crippen LogP contribution >= 0.6 is 0 Å². The van der Waals surface area contributed by atoms with E-state index in [2.05, 4.69) is 41.0 Å². The molecule has 0 aliphatic rings. The molecule has 0 radical (unpaired) electrons. The van der Waals surface area contributed by atoms with Crippen LogP contribution in [0.3, 0.4) is 0 Å². The summed E-state index contributed by atoms with van der Waals surface area (Å²) in [5.41, 5.74) is 0.950. The molecule has 0 bridgehead atoms. The molecule has 0 unspecified atom stereocenters. The Morgan fingerprint density at radius 2 is 1.29 bits per heavy atom. The second-order valence-corrected chi connectivity index (χ2v) is 8.63. The largest absolute Gasteiger partial charge is 0.444 e. The summed E-state index contributed by atoms with van der Waals surface area (Å²) >= 11 is 0. The Bertz CT molecular complexity index is 497. The first-order chi connectivity index (χ1) is 13.5. The zero-order valence-electron chi connectivity index (χ0n) is 18.4. The third-order valence-electron chi connectivity index (χ3n) is 4.62. The van der Waals surface area contributed by atoms with Crippen molar-refractivity contribution < 1.29 is 9.53 Å². The SMILES string of the molecule is CC(C)(C)OC(=O)NCCCCCCCCCCCCNCc1ccccc1. The molecular weight excluding hydrogens is 348 g/mol. The monoisotopic (exact) mass is 390 g/mol. The lowest BCUT2D eigenvalue weighted by atomic mass is 10.1. The van der Waals surface area contributed by atoms with Crippen molar-refractivity contribution in [2.24, 2.45) is 0 Å². The van der Waals surface area contributed by atoms with Gasteiger partial charge in [0, 0.05) is 13.1 Å². The Morgan fingerprint density at radius 1 is 0.786 bits per heavy atom. The maximum Gasteiger partial charge on any atom is 0.407 e. The van der Waals surface area contributed by atoms with Crippen LogP contribution in [0.4, 0.5) is 4.79 Å². The van der Waals surface area contributed by atoms with Gasteiger partial charge in [-0.2, -0.15) is 0 Å². The van der Waals surface area contributed by atoms with E-state index < -0.39 is 5.60 Å². The zero-order chi connectivity index (χ0) is 20.5. The molecule has 4 nitrogen and oxygen atoms in total. The highest BCUT2D eigenvalue weighted by molar-refractivity contribution is 5.67. The molecular formula is C24H42N2O2. The highest BCUT2D eigenvalue weighted by atomic mass is 16.6. The van der Waals surface area contributed by atoms with Crippen LogP contribution < -0.4 is 10.6 Å². The topological polar surface area (TPSA) is 50.4 Å². The van der Waals surface area contributed by atoms with Crippen LogP contribution in [0.5, 0.6) is 0 Å². The van der Waals surface area contributed by atoms with E-state index in [0.29, 0.717) is 6.54 Å². The Labute approximate surface area is 172 Å². The molecule has 28 heavy (non-hydrogen) atoms. The van der Waals surface area contributed by atoms with E-state index in [1.165, 1.54) is 63.4 Å². The van der Waals surface area contributed by atoms with Crippen molar-refractivity contribution in [2.75, 3.05) is 13.1 Å². The molecule has 0 spiro atoms. The third-order valence-corrected chi connectivity index (χ3v) is 4.62. The molecule has 1 amide bonds. The lowest BCUT2D eigenvalue weighted by Gasteiger charge is -2.19. The van der Waals surface area contributed by atoms with Gasteiger partial charge >= 0.3 is 6.09 Å². The average Bonchev–Trinajstić information content (AvgIpc) is 2.64. The summed E-state index contributed by atoms with van der Waals surface area (Å²) < 4.78 is 5.22. The van der Waals surface area contributed by atoms with E-state index in [1.807, 2.05) is 20.8 Å². The fourth-order valence-corrected chi connectivity index (χ4v) is 3.12. The number of rotatable bonds is 15. The first kappa shape index (κ1) is 24.5.